The summed E-state index contributed by atoms with van der Waals surface area (Å²) in [5.41, 5.74) is -1.31. The minimum absolute atomic E-state index is 0.143. The van der Waals surface area contributed by atoms with Crippen molar-refractivity contribution < 1.29 is 13.2 Å². The average molecular weight is 244 g/mol. The van der Waals surface area contributed by atoms with Crippen LogP contribution < -0.4 is 10.9 Å². The molecule has 0 aliphatic carbocycles. The fourth-order valence-corrected chi connectivity index (χ4v) is 1.23. The van der Waals surface area contributed by atoms with Gasteiger partial charge in [-0.15, -0.1) is 6.42 Å². The maximum Gasteiger partial charge on any atom is 0.417 e. The Morgan fingerprint density at radius 3 is 2.71 bits per heavy atom. The Bertz CT molecular complexity index is 471. The predicted octanol–water partition coefficient (Wildman–Crippen LogP) is 1.09. The number of nitrogens with one attached hydrogen (secondary N) is 1. The highest BCUT2D eigenvalue weighted by Crippen LogP contribution is 2.27. The van der Waals surface area contributed by atoms with E-state index < -0.39 is 17.3 Å². The molecule has 0 saturated heterocycles. The summed E-state index contributed by atoms with van der Waals surface area (Å²) in [5, 5.41) is 2.79. The molecule has 1 aromatic rings. The number of terminal acetylenes is 1. The summed E-state index contributed by atoms with van der Waals surface area (Å²) in [6.45, 7) is 0.795. The number of halogens is 3. The number of nitrogens with zero attached hydrogens (tertiary/aromatic N) is 1. The van der Waals surface area contributed by atoms with Gasteiger partial charge in [0.15, 0.2) is 0 Å². The van der Waals surface area contributed by atoms with Gasteiger partial charge in [-0.25, -0.2) is 0 Å². The van der Waals surface area contributed by atoms with Crippen molar-refractivity contribution in [3.8, 4) is 12.3 Å². The molecule has 0 radical (unpaired) electrons. The van der Waals surface area contributed by atoms with Gasteiger partial charge in [-0.1, -0.05) is 5.92 Å². The number of hydrogen-bond acceptors (Lipinski definition) is 2. The Hall–Kier alpha value is -1.74. The number of hydrogen-bond donors (Lipinski definition) is 1. The molecule has 1 aromatic heterocycles. The molecule has 17 heavy (non-hydrogen) atoms. The minimum atomic E-state index is -4.44. The summed E-state index contributed by atoms with van der Waals surface area (Å²) in [7, 11) is 0. The lowest BCUT2D eigenvalue weighted by molar-refractivity contribution is -0.138. The molecule has 1 rings (SSSR count). The molecule has 3 nitrogen and oxygen atoms in total. The average Bonchev–Trinajstić information content (AvgIpc) is 2.25. The highest BCUT2D eigenvalue weighted by Gasteiger charge is 2.30. The molecule has 6 heteroatoms. The van der Waals surface area contributed by atoms with Gasteiger partial charge in [0.2, 0.25) is 0 Å². The first-order valence-corrected chi connectivity index (χ1v) is 4.87. The Morgan fingerprint density at radius 1 is 1.41 bits per heavy atom. The summed E-state index contributed by atoms with van der Waals surface area (Å²) < 4.78 is 38.2. The first-order valence-electron chi connectivity index (χ1n) is 4.87. The van der Waals surface area contributed by atoms with E-state index in [2.05, 4.69) is 11.2 Å². The fraction of sp³-hybridized carbons (Fsp3) is 0.364. The van der Waals surface area contributed by atoms with Crippen molar-refractivity contribution in [3.05, 3.63) is 34.2 Å². The van der Waals surface area contributed by atoms with Crippen molar-refractivity contribution in [3.63, 3.8) is 0 Å². The molecular weight excluding hydrogens is 233 g/mol. The van der Waals surface area contributed by atoms with E-state index >= 15 is 0 Å². The second-order valence-electron chi connectivity index (χ2n) is 3.33. The van der Waals surface area contributed by atoms with E-state index in [1.807, 2.05) is 0 Å². The predicted molar refractivity (Wildman–Crippen MR) is 57.4 cm³/mol. The van der Waals surface area contributed by atoms with Crippen LogP contribution in [0.3, 0.4) is 0 Å². The third-order valence-corrected chi connectivity index (χ3v) is 2.07. The van der Waals surface area contributed by atoms with Crippen molar-refractivity contribution in [1.82, 2.24) is 9.88 Å². The molecule has 0 amide bonds. The molecule has 1 heterocycles. The van der Waals surface area contributed by atoms with E-state index in [0.717, 1.165) is 22.9 Å². The van der Waals surface area contributed by atoms with E-state index in [1.54, 1.807) is 0 Å². The summed E-state index contributed by atoms with van der Waals surface area (Å²) in [5.74, 6) is 2.33. The van der Waals surface area contributed by atoms with Crippen LogP contribution in [-0.4, -0.2) is 17.7 Å². The lowest BCUT2D eigenvalue weighted by atomic mass is 10.3. The van der Waals surface area contributed by atoms with Crippen molar-refractivity contribution in [2.24, 2.45) is 0 Å². The van der Waals surface area contributed by atoms with Gasteiger partial charge in [-0.05, 0) is 6.07 Å². The highest BCUT2D eigenvalue weighted by atomic mass is 19.4. The third kappa shape index (κ3) is 3.96. The lowest BCUT2D eigenvalue weighted by Crippen LogP contribution is -2.27. The van der Waals surface area contributed by atoms with Crippen LogP contribution in [0.4, 0.5) is 13.2 Å². The normalized spacial score (nSPS) is 11.2. The van der Waals surface area contributed by atoms with Crippen LogP contribution >= 0.6 is 0 Å². The maximum atomic E-state index is 12.4. The van der Waals surface area contributed by atoms with E-state index in [-0.39, 0.29) is 6.54 Å². The lowest BCUT2D eigenvalue weighted by Gasteiger charge is -2.10. The van der Waals surface area contributed by atoms with Crippen LogP contribution in [-0.2, 0) is 12.7 Å². The number of pyridine rings is 1. The largest absolute Gasteiger partial charge is 0.417 e. The molecule has 0 aliphatic heterocycles. The van der Waals surface area contributed by atoms with Crippen molar-refractivity contribution in [2.75, 3.05) is 13.1 Å². The third-order valence-electron chi connectivity index (χ3n) is 2.07. The van der Waals surface area contributed by atoms with E-state index in [4.69, 9.17) is 6.42 Å². The summed E-state index contributed by atoms with van der Waals surface area (Å²) in [6, 6.07) is 1.68. The highest BCUT2D eigenvalue weighted by molar-refractivity contribution is 5.13. The van der Waals surface area contributed by atoms with Gasteiger partial charge in [-0.2, -0.15) is 13.2 Å². The molecule has 1 N–H and O–H groups in total. The zero-order chi connectivity index (χ0) is 12.9. The van der Waals surface area contributed by atoms with Crippen molar-refractivity contribution in [1.29, 1.82) is 0 Å². The zero-order valence-corrected chi connectivity index (χ0v) is 8.92. The van der Waals surface area contributed by atoms with Gasteiger partial charge >= 0.3 is 6.18 Å². The number of rotatable bonds is 4. The zero-order valence-electron chi connectivity index (χ0n) is 8.92. The van der Waals surface area contributed by atoms with Gasteiger partial charge in [0.25, 0.3) is 5.56 Å². The molecule has 0 aromatic carbocycles. The van der Waals surface area contributed by atoms with Gasteiger partial charge in [0.1, 0.15) is 0 Å². The van der Waals surface area contributed by atoms with Crippen LogP contribution in [0.1, 0.15) is 5.56 Å². The fourth-order valence-electron chi connectivity index (χ4n) is 1.23. The minimum Gasteiger partial charge on any atom is -0.314 e. The monoisotopic (exact) mass is 244 g/mol. The molecular formula is C11H11F3N2O. The topological polar surface area (TPSA) is 34.0 Å². The molecule has 0 atom stereocenters. The van der Waals surface area contributed by atoms with Gasteiger partial charge < -0.3 is 9.88 Å². The Labute approximate surface area is 96.3 Å². The van der Waals surface area contributed by atoms with Crippen molar-refractivity contribution >= 4 is 0 Å². The van der Waals surface area contributed by atoms with E-state index in [0.29, 0.717) is 13.1 Å². The Kier molecular flexibility index (Phi) is 4.35. The quantitative estimate of drug-likeness (QED) is 0.635. The summed E-state index contributed by atoms with van der Waals surface area (Å²) in [4.78, 5) is 11.3. The van der Waals surface area contributed by atoms with Gasteiger partial charge in [0, 0.05) is 25.4 Å². The van der Waals surface area contributed by atoms with Crippen LogP contribution in [0.2, 0.25) is 0 Å². The number of aromatic nitrogens is 1. The Balaban J connectivity index is 2.78. The summed E-state index contributed by atoms with van der Waals surface area (Å²) >= 11 is 0. The first-order chi connectivity index (χ1) is 7.95. The molecule has 0 saturated carbocycles. The van der Waals surface area contributed by atoms with E-state index in [9.17, 15) is 18.0 Å². The van der Waals surface area contributed by atoms with Crippen LogP contribution in [0.5, 0.6) is 0 Å². The second kappa shape index (κ2) is 5.55. The van der Waals surface area contributed by atoms with Gasteiger partial charge in [-0.3, -0.25) is 4.79 Å². The smallest absolute Gasteiger partial charge is 0.314 e. The van der Waals surface area contributed by atoms with E-state index in [1.165, 1.54) is 0 Å². The van der Waals surface area contributed by atoms with Crippen LogP contribution in [0, 0.1) is 12.3 Å². The SMILES string of the molecule is C#CCNCCn1cc(C(F)(F)F)ccc1=O. The molecule has 0 unspecified atom stereocenters. The van der Waals surface area contributed by atoms with Crippen molar-refractivity contribution in [2.45, 2.75) is 12.7 Å². The van der Waals surface area contributed by atoms with Crippen LogP contribution in [0.25, 0.3) is 0 Å². The molecule has 0 spiro atoms. The maximum absolute atomic E-state index is 12.4. The van der Waals surface area contributed by atoms with Crippen LogP contribution in [0.15, 0.2) is 23.1 Å². The molecule has 0 aliphatic rings. The molecule has 0 bridgehead atoms. The van der Waals surface area contributed by atoms with Gasteiger partial charge in [0.05, 0.1) is 12.1 Å². The summed E-state index contributed by atoms with van der Waals surface area (Å²) in [6.07, 6.45) is 1.35. The first kappa shape index (κ1) is 13.3. The molecule has 0 fully saturated rings. The molecule has 92 valence electrons. The Morgan fingerprint density at radius 2 is 2.12 bits per heavy atom. The second-order valence-corrected chi connectivity index (χ2v) is 3.33. The number of alkyl halides is 3. The standard InChI is InChI=1S/C11H11F3N2O/c1-2-5-15-6-7-16-8-9(11(12,13)14)3-4-10(16)17/h1,3-4,8,15H,5-7H2.